The van der Waals surface area contributed by atoms with Gasteiger partial charge in [-0.3, -0.25) is 9.69 Å². The first-order valence-electron chi connectivity index (χ1n) is 8.71. The van der Waals surface area contributed by atoms with Crippen molar-refractivity contribution >= 4 is 5.91 Å². The van der Waals surface area contributed by atoms with E-state index in [0.29, 0.717) is 18.9 Å². The molecule has 1 aliphatic heterocycles. The van der Waals surface area contributed by atoms with E-state index in [9.17, 15) is 4.79 Å². The first kappa shape index (κ1) is 18.0. The number of nitrogens with zero attached hydrogens (tertiary/aromatic N) is 2. The third kappa shape index (κ3) is 5.36. The van der Waals surface area contributed by atoms with E-state index in [0.717, 1.165) is 44.0 Å². The first-order chi connectivity index (χ1) is 11.0. The molecule has 0 radical (unpaired) electrons. The lowest BCUT2D eigenvalue weighted by molar-refractivity contribution is -0.122. The van der Waals surface area contributed by atoms with E-state index in [2.05, 4.69) is 22.0 Å². The Morgan fingerprint density at radius 3 is 2.61 bits per heavy atom. The van der Waals surface area contributed by atoms with E-state index in [1.807, 2.05) is 33.2 Å². The molecule has 1 N–H and O–H groups in total. The van der Waals surface area contributed by atoms with Gasteiger partial charge in [0.2, 0.25) is 5.91 Å². The number of likely N-dealkylation sites (tertiary alicyclic amines) is 1. The Morgan fingerprint density at radius 1 is 1.39 bits per heavy atom. The van der Waals surface area contributed by atoms with Crippen LogP contribution < -0.4 is 5.32 Å². The second-order valence-corrected chi connectivity index (χ2v) is 6.81. The minimum Gasteiger partial charge on any atom is -0.465 e. The van der Waals surface area contributed by atoms with Gasteiger partial charge >= 0.3 is 0 Å². The molecule has 5 heteroatoms. The quantitative estimate of drug-likeness (QED) is 0.838. The monoisotopic (exact) mass is 321 g/mol. The zero-order chi connectivity index (χ0) is 16.8. The largest absolute Gasteiger partial charge is 0.465 e. The molecule has 1 saturated heterocycles. The Kier molecular flexibility index (Phi) is 6.66. The Bertz CT molecular complexity index is 490. The van der Waals surface area contributed by atoms with E-state index in [-0.39, 0.29) is 11.9 Å². The maximum atomic E-state index is 12.3. The highest BCUT2D eigenvalue weighted by molar-refractivity contribution is 5.76. The average Bonchev–Trinajstić information content (AvgIpc) is 2.94. The summed E-state index contributed by atoms with van der Waals surface area (Å²) in [5, 5.41) is 3.09. The normalized spacial score (nSPS) is 18.3. The molecular formula is C18H31N3O2. The van der Waals surface area contributed by atoms with Gasteiger partial charge in [-0.1, -0.05) is 6.92 Å². The first-order valence-corrected chi connectivity index (χ1v) is 8.71. The minimum atomic E-state index is 0.0783. The van der Waals surface area contributed by atoms with Gasteiger partial charge in [-0.2, -0.15) is 0 Å². The zero-order valence-corrected chi connectivity index (χ0v) is 15.0. The van der Waals surface area contributed by atoms with Gasteiger partial charge in [-0.05, 0) is 71.5 Å². The molecule has 0 saturated carbocycles. The van der Waals surface area contributed by atoms with Crippen LogP contribution in [-0.2, 0) is 4.79 Å². The summed E-state index contributed by atoms with van der Waals surface area (Å²) < 4.78 is 5.71. The molecule has 2 heterocycles. The number of nitrogens with one attached hydrogen (secondary N) is 1. The number of hydrogen-bond acceptors (Lipinski definition) is 4. The van der Waals surface area contributed by atoms with Crippen molar-refractivity contribution in [2.75, 3.05) is 40.3 Å². The summed E-state index contributed by atoms with van der Waals surface area (Å²) in [7, 11) is 4.02. The fourth-order valence-electron chi connectivity index (χ4n) is 3.22. The van der Waals surface area contributed by atoms with Crippen LogP contribution in [0.2, 0.25) is 0 Å². The Labute approximate surface area is 140 Å². The second-order valence-electron chi connectivity index (χ2n) is 6.81. The molecule has 0 spiro atoms. The number of hydrogen-bond donors (Lipinski definition) is 1. The SMILES string of the molecule is CCN1CCC(CC(=O)NCC(c2ccc(C)o2)N(C)C)CC1. The maximum Gasteiger partial charge on any atom is 0.220 e. The van der Waals surface area contributed by atoms with Crippen molar-refractivity contribution in [2.24, 2.45) is 5.92 Å². The van der Waals surface area contributed by atoms with E-state index < -0.39 is 0 Å². The Morgan fingerprint density at radius 2 is 2.09 bits per heavy atom. The van der Waals surface area contributed by atoms with Crippen LogP contribution in [0.5, 0.6) is 0 Å². The Hall–Kier alpha value is -1.33. The third-order valence-corrected chi connectivity index (χ3v) is 4.83. The van der Waals surface area contributed by atoms with Crippen LogP contribution in [0.15, 0.2) is 16.5 Å². The van der Waals surface area contributed by atoms with Crippen molar-refractivity contribution in [3.63, 3.8) is 0 Å². The van der Waals surface area contributed by atoms with Gasteiger partial charge in [0.1, 0.15) is 11.5 Å². The fraction of sp³-hybridized carbons (Fsp3) is 0.722. The molecule has 1 aromatic heterocycles. The molecule has 0 aromatic carbocycles. The maximum absolute atomic E-state index is 12.3. The number of likely N-dealkylation sites (N-methyl/N-ethyl adjacent to an activating group) is 1. The minimum absolute atomic E-state index is 0.0783. The number of aryl methyl sites for hydroxylation is 1. The summed E-state index contributed by atoms with van der Waals surface area (Å²) in [6.45, 7) is 8.10. The van der Waals surface area contributed by atoms with Crippen molar-refractivity contribution in [2.45, 2.75) is 39.2 Å². The molecular weight excluding hydrogens is 290 g/mol. The van der Waals surface area contributed by atoms with Crippen LogP contribution in [-0.4, -0.2) is 56.0 Å². The highest BCUT2D eigenvalue weighted by Crippen LogP contribution is 2.22. The van der Waals surface area contributed by atoms with Crippen LogP contribution in [0.1, 0.15) is 43.7 Å². The molecule has 0 bridgehead atoms. The molecule has 23 heavy (non-hydrogen) atoms. The van der Waals surface area contributed by atoms with Gasteiger partial charge in [0, 0.05) is 13.0 Å². The summed E-state index contributed by atoms with van der Waals surface area (Å²) in [6.07, 6.45) is 2.92. The van der Waals surface area contributed by atoms with Crippen LogP contribution in [0.3, 0.4) is 0 Å². The van der Waals surface area contributed by atoms with Crippen molar-refractivity contribution in [3.8, 4) is 0 Å². The van der Waals surface area contributed by atoms with Crippen molar-refractivity contribution in [1.29, 1.82) is 0 Å². The lowest BCUT2D eigenvalue weighted by Crippen LogP contribution is -2.38. The van der Waals surface area contributed by atoms with E-state index >= 15 is 0 Å². The summed E-state index contributed by atoms with van der Waals surface area (Å²) in [5.41, 5.74) is 0. The van der Waals surface area contributed by atoms with E-state index in [1.54, 1.807) is 0 Å². The summed E-state index contributed by atoms with van der Waals surface area (Å²) in [5.74, 6) is 2.50. The molecule has 2 rings (SSSR count). The topological polar surface area (TPSA) is 48.7 Å². The molecule has 5 nitrogen and oxygen atoms in total. The average molecular weight is 321 g/mol. The number of amides is 1. The Balaban J connectivity index is 1.78. The van der Waals surface area contributed by atoms with Gasteiger partial charge in [-0.15, -0.1) is 0 Å². The van der Waals surface area contributed by atoms with E-state index in [4.69, 9.17) is 4.42 Å². The molecule has 1 amide bonds. The number of rotatable bonds is 7. The summed E-state index contributed by atoms with van der Waals surface area (Å²) in [4.78, 5) is 16.8. The van der Waals surface area contributed by atoms with Crippen molar-refractivity contribution in [3.05, 3.63) is 23.7 Å². The fourth-order valence-corrected chi connectivity index (χ4v) is 3.22. The van der Waals surface area contributed by atoms with Crippen LogP contribution in [0, 0.1) is 12.8 Å². The van der Waals surface area contributed by atoms with Gasteiger partial charge in [0.25, 0.3) is 0 Å². The number of carbonyl (C=O) groups excluding carboxylic acids is 1. The molecule has 1 atom stereocenters. The smallest absolute Gasteiger partial charge is 0.220 e. The summed E-state index contributed by atoms with van der Waals surface area (Å²) in [6, 6.07) is 4.04. The van der Waals surface area contributed by atoms with Crippen LogP contribution in [0.4, 0.5) is 0 Å². The molecule has 130 valence electrons. The van der Waals surface area contributed by atoms with Crippen LogP contribution in [0.25, 0.3) is 0 Å². The molecule has 0 aliphatic carbocycles. The zero-order valence-electron chi connectivity index (χ0n) is 15.0. The number of piperidine rings is 1. The van der Waals surface area contributed by atoms with Crippen LogP contribution >= 0.6 is 0 Å². The second kappa shape index (κ2) is 8.50. The predicted octanol–water partition coefficient (Wildman–Crippen LogP) is 2.43. The van der Waals surface area contributed by atoms with Gasteiger partial charge in [0.15, 0.2) is 0 Å². The van der Waals surface area contributed by atoms with Gasteiger partial charge < -0.3 is 14.6 Å². The van der Waals surface area contributed by atoms with E-state index in [1.165, 1.54) is 0 Å². The molecule has 1 fully saturated rings. The van der Waals surface area contributed by atoms with Gasteiger partial charge in [-0.25, -0.2) is 0 Å². The van der Waals surface area contributed by atoms with Gasteiger partial charge in [0.05, 0.1) is 6.04 Å². The summed E-state index contributed by atoms with van der Waals surface area (Å²) >= 11 is 0. The number of carbonyl (C=O) groups is 1. The molecule has 1 aromatic rings. The van der Waals surface area contributed by atoms with Crippen molar-refractivity contribution < 1.29 is 9.21 Å². The highest BCUT2D eigenvalue weighted by Gasteiger charge is 2.22. The lowest BCUT2D eigenvalue weighted by Gasteiger charge is -2.30. The molecule has 1 aliphatic rings. The highest BCUT2D eigenvalue weighted by atomic mass is 16.3. The number of furan rings is 1. The predicted molar refractivity (Wildman–Crippen MR) is 92.3 cm³/mol. The lowest BCUT2D eigenvalue weighted by atomic mass is 9.93. The standard InChI is InChI=1S/C18H31N3O2/c1-5-21-10-8-15(9-11-21)12-18(22)19-13-16(20(3)4)17-7-6-14(2)23-17/h6-7,15-16H,5,8-13H2,1-4H3,(H,19,22). The molecule has 1 unspecified atom stereocenters. The van der Waals surface area contributed by atoms with Crippen molar-refractivity contribution in [1.82, 2.24) is 15.1 Å². The third-order valence-electron chi connectivity index (χ3n) is 4.83.